The third-order valence-corrected chi connectivity index (χ3v) is 3.46. The molecular weight excluding hydrogens is 302 g/mol. The largest absolute Gasteiger partial charge is 0.454 e. The Balaban J connectivity index is 1.56. The minimum absolute atomic E-state index is 0.160. The molecule has 112 valence electrons. The number of hydrogen-bond acceptors (Lipinski definition) is 3. The third-order valence-electron chi connectivity index (χ3n) is 3.20. The number of amides is 1. The van der Waals surface area contributed by atoms with Gasteiger partial charge in [-0.05, 0) is 41.5 Å². The summed E-state index contributed by atoms with van der Waals surface area (Å²) in [5.41, 5.74) is 1.88. The maximum absolute atomic E-state index is 11.8. The summed E-state index contributed by atoms with van der Waals surface area (Å²) in [5.74, 6) is 1.26. The van der Waals surface area contributed by atoms with Gasteiger partial charge in [0.2, 0.25) is 12.7 Å². The lowest BCUT2D eigenvalue weighted by molar-refractivity contribution is -0.116. The van der Waals surface area contributed by atoms with Crippen LogP contribution in [0.25, 0.3) is 6.08 Å². The summed E-state index contributed by atoms with van der Waals surface area (Å²) < 4.78 is 10.5. The van der Waals surface area contributed by atoms with E-state index in [1.165, 1.54) is 6.08 Å². The number of nitrogens with one attached hydrogen (secondary N) is 1. The molecule has 1 aliphatic heterocycles. The highest BCUT2D eigenvalue weighted by Crippen LogP contribution is 2.32. The van der Waals surface area contributed by atoms with Gasteiger partial charge in [-0.2, -0.15) is 0 Å². The van der Waals surface area contributed by atoms with E-state index in [9.17, 15) is 4.79 Å². The molecule has 0 radical (unpaired) electrons. The van der Waals surface area contributed by atoms with Crippen molar-refractivity contribution in [1.82, 2.24) is 5.32 Å². The fourth-order valence-corrected chi connectivity index (χ4v) is 2.17. The Labute approximate surface area is 133 Å². The number of carbonyl (C=O) groups excluding carboxylic acids is 1. The highest BCUT2D eigenvalue weighted by Gasteiger charge is 2.12. The molecule has 4 nitrogen and oxygen atoms in total. The van der Waals surface area contributed by atoms with Crippen molar-refractivity contribution in [2.75, 3.05) is 6.79 Å². The monoisotopic (exact) mass is 315 g/mol. The van der Waals surface area contributed by atoms with Gasteiger partial charge in [-0.1, -0.05) is 29.8 Å². The van der Waals surface area contributed by atoms with Crippen molar-refractivity contribution in [3.8, 4) is 11.5 Å². The number of carbonyl (C=O) groups is 1. The predicted molar refractivity (Wildman–Crippen MR) is 84.9 cm³/mol. The standard InChI is InChI=1S/C17H14ClNO3/c18-14-5-1-13(2-6-14)10-19-17(20)8-4-12-3-7-15-16(9-12)22-11-21-15/h1-9H,10-11H2,(H,19,20)/b8-4+. The van der Waals surface area contributed by atoms with Crippen molar-refractivity contribution in [2.45, 2.75) is 6.54 Å². The smallest absolute Gasteiger partial charge is 0.244 e. The average Bonchev–Trinajstić information content (AvgIpc) is 3.00. The molecule has 1 N–H and O–H groups in total. The summed E-state index contributed by atoms with van der Waals surface area (Å²) in [6.45, 7) is 0.700. The number of rotatable bonds is 4. The predicted octanol–water partition coefficient (Wildman–Crippen LogP) is 3.40. The van der Waals surface area contributed by atoms with Crippen LogP contribution in [0.15, 0.2) is 48.5 Å². The number of ether oxygens (including phenoxy) is 2. The Kier molecular flexibility index (Phi) is 4.30. The van der Waals surface area contributed by atoms with Gasteiger partial charge >= 0.3 is 0 Å². The van der Waals surface area contributed by atoms with Crippen molar-refractivity contribution >= 4 is 23.6 Å². The Morgan fingerprint density at radius 3 is 2.73 bits per heavy atom. The van der Waals surface area contributed by atoms with E-state index in [4.69, 9.17) is 21.1 Å². The van der Waals surface area contributed by atoms with Crippen LogP contribution in [-0.4, -0.2) is 12.7 Å². The third kappa shape index (κ3) is 3.59. The Hall–Kier alpha value is -2.46. The summed E-state index contributed by atoms with van der Waals surface area (Å²) in [4.78, 5) is 11.8. The molecule has 0 spiro atoms. The van der Waals surface area contributed by atoms with E-state index in [1.54, 1.807) is 18.2 Å². The van der Waals surface area contributed by atoms with E-state index in [2.05, 4.69) is 5.32 Å². The molecule has 2 aromatic rings. The van der Waals surface area contributed by atoms with Crippen molar-refractivity contribution in [3.63, 3.8) is 0 Å². The van der Waals surface area contributed by atoms with E-state index in [-0.39, 0.29) is 12.7 Å². The van der Waals surface area contributed by atoms with Crippen LogP contribution in [0.5, 0.6) is 11.5 Å². The van der Waals surface area contributed by atoms with Gasteiger partial charge in [-0.25, -0.2) is 0 Å². The molecule has 0 saturated carbocycles. The second kappa shape index (κ2) is 6.54. The summed E-state index contributed by atoms with van der Waals surface area (Å²) in [7, 11) is 0. The van der Waals surface area contributed by atoms with E-state index in [0.717, 1.165) is 16.9 Å². The van der Waals surface area contributed by atoms with Gasteiger partial charge in [-0.3, -0.25) is 4.79 Å². The van der Waals surface area contributed by atoms with Gasteiger partial charge in [0.1, 0.15) is 0 Å². The molecule has 2 aromatic carbocycles. The molecule has 0 bridgehead atoms. The van der Waals surface area contributed by atoms with Crippen LogP contribution in [0.3, 0.4) is 0 Å². The molecule has 3 rings (SSSR count). The fraction of sp³-hybridized carbons (Fsp3) is 0.118. The zero-order chi connectivity index (χ0) is 15.4. The van der Waals surface area contributed by atoms with E-state index in [1.807, 2.05) is 30.3 Å². The molecule has 0 saturated heterocycles. The minimum atomic E-state index is -0.160. The highest BCUT2D eigenvalue weighted by molar-refractivity contribution is 6.30. The summed E-state index contributed by atoms with van der Waals surface area (Å²) in [5, 5.41) is 3.49. The maximum atomic E-state index is 11.8. The maximum Gasteiger partial charge on any atom is 0.244 e. The SMILES string of the molecule is O=C(/C=C/c1ccc2c(c1)OCO2)NCc1ccc(Cl)cc1. The van der Waals surface area contributed by atoms with Gasteiger partial charge in [0.05, 0.1) is 0 Å². The number of halogens is 1. The van der Waals surface area contributed by atoms with Crippen LogP contribution in [-0.2, 0) is 11.3 Å². The lowest BCUT2D eigenvalue weighted by Crippen LogP contribution is -2.20. The number of benzene rings is 2. The van der Waals surface area contributed by atoms with E-state index >= 15 is 0 Å². The van der Waals surface area contributed by atoms with E-state index in [0.29, 0.717) is 17.3 Å². The van der Waals surface area contributed by atoms with Crippen LogP contribution >= 0.6 is 11.6 Å². The Morgan fingerprint density at radius 1 is 1.14 bits per heavy atom. The van der Waals surface area contributed by atoms with Crippen LogP contribution in [0.2, 0.25) is 5.02 Å². The second-order valence-corrected chi connectivity index (χ2v) is 5.23. The fourth-order valence-electron chi connectivity index (χ4n) is 2.04. The first-order chi connectivity index (χ1) is 10.7. The molecule has 22 heavy (non-hydrogen) atoms. The van der Waals surface area contributed by atoms with Crippen molar-refractivity contribution < 1.29 is 14.3 Å². The van der Waals surface area contributed by atoms with Crippen molar-refractivity contribution in [1.29, 1.82) is 0 Å². The molecule has 0 aliphatic carbocycles. The zero-order valence-electron chi connectivity index (χ0n) is 11.7. The summed E-state index contributed by atoms with van der Waals surface area (Å²) >= 11 is 5.81. The zero-order valence-corrected chi connectivity index (χ0v) is 12.5. The Morgan fingerprint density at radius 2 is 1.91 bits per heavy atom. The van der Waals surface area contributed by atoms with E-state index < -0.39 is 0 Å². The average molecular weight is 316 g/mol. The first-order valence-corrected chi connectivity index (χ1v) is 7.18. The van der Waals surface area contributed by atoms with Gasteiger partial charge in [0.15, 0.2) is 11.5 Å². The first kappa shape index (κ1) is 14.5. The molecule has 5 heteroatoms. The molecule has 0 atom stereocenters. The number of hydrogen-bond donors (Lipinski definition) is 1. The van der Waals surface area contributed by atoms with Gasteiger partial charge < -0.3 is 14.8 Å². The normalized spacial score (nSPS) is 12.6. The minimum Gasteiger partial charge on any atom is -0.454 e. The molecular formula is C17H14ClNO3. The highest BCUT2D eigenvalue weighted by atomic mass is 35.5. The van der Waals surface area contributed by atoms with Crippen molar-refractivity contribution in [2.24, 2.45) is 0 Å². The quantitative estimate of drug-likeness (QED) is 0.880. The molecule has 1 heterocycles. The first-order valence-electron chi connectivity index (χ1n) is 6.81. The summed E-state index contributed by atoms with van der Waals surface area (Å²) in [6.07, 6.45) is 3.23. The Bertz CT molecular complexity index is 710. The van der Waals surface area contributed by atoms with Crippen LogP contribution in [0.4, 0.5) is 0 Å². The molecule has 0 aromatic heterocycles. The lowest BCUT2D eigenvalue weighted by Gasteiger charge is -2.02. The van der Waals surface area contributed by atoms with Crippen molar-refractivity contribution in [3.05, 3.63) is 64.7 Å². The van der Waals surface area contributed by atoms with Crippen LogP contribution in [0.1, 0.15) is 11.1 Å². The lowest BCUT2D eigenvalue weighted by atomic mass is 10.2. The second-order valence-electron chi connectivity index (χ2n) is 4.79. The van der Waals surface area contributed by atoms with Gasteiger partial charge in [0, 0.05) is 17.6 Å². The van der Waals surface area contributed by atoms with Gasteiger partial charge in [0.25, 0.3) is 0 Å². The number of fused-ring (bicyclic) bond motifs is 1. The van der Waals surface area contributed by atoms with Gasteiger partial charge in [-0.15, -0.1) is 0 Å². The molecule has 0 unspecified atom stereocenters. The summed E-state index contributed by atoms with van der Waals surface area (Å²) in [6, 6.07) is 12.9. The topological polar surface area (TPSA) is 47.6 Å². The van der Waals surface area contributed by atoms with Crippen LogP contribution < -0.4 is 14.8 Å². The molecule has 1 aliphatic rings. The molecule has 1 amide bonds. The molecule has 0 fully saturated rings. The van der Waals surface area contributed by atoms with Crippen LogP contribution in [0, 0.1) is 0 Å².